The lowest BCUT2D eigenvalue weighted by molar-refractivity contribution is -0.135. The van der Waals surface area contributed by atoms with Crippen molar-refractivity contribution in [1.29, 1.82) is 0 Å². The third kappa shape index (κ3) is 2.73. The third-order valence-corrected chi connectivity index (χ3v) is 2.71. The molecule has 2 rings (SSSR count). The van der Waals surface area contributed by atoms with Crippen LogP contribution in [-0.4, -0.2) is 48.7 Å². The van der Waals surface area contributed by atoms with Gasteiger partial charge in [0.05, 0.1) is 5.52 Å². The zero-order chi connectivity index (χ0) is 14.0. The minimum Gasteiger partial charge on any atom is -0.480 e. The number of likely N-dealkylation sites (N-methyl/N-ethyl adjacent to an activating group) is 1. The number of para-hydroxylation sites is 1. The molecule has 0 spiro atoms. The molecule has 100 valence electrons. The van der Waals surface area contributed by atoms with Gasteiger partial charge in [-0.25, -0.2) is 4.98 Å². The highest BCUT2D eigenvalue weighted by molar-refractivity contribution is 5.90. The van der Waals surface area contributed by atoms with Crippen LogP contribution in [0.3, 0.4) is 0 Å². The molecular weight excluding hydrogens is 244 g/mol. The molecule has 1 aromatic carbocycles. The molecule has 0 atom stereocenters. The van der Waals surface area contributed by atoms with Crippen LogP contribution in [-0.2, 0) is 4.79 Å². The average Bonchev–Trinajstić information content (AvgIpc) is 2.36. The molecule has 0 aliphatic heterocycles. The van der Waals surface area contributed by atoms with Crippen LogP contribution < -0.4 is 9.80 Å². The van der Waals surface area contributed by atoms with Crippen molar-refractivity contribution < 1.29 is 9.90 Å². The molecule has 1 N–H and O–H groups in total. The summed E-state index contributed by atoms with van der Waals surface area (Å²) in [5.41, 5.74) is 0.799. The number of rotatable bonds is 4. The molecular formula is C13H16N4O2. The molecule has 0 unspecified atom stereocenters. The number of aromatic nitrogens is 2. The minimum atomic E-state index is -0.911. The van der Waals surface area contributed by atoms with Gasteiger partial charge >= 0.3 is 5.97 Å². The van der Waals surface area contributed by atoms with E-state index in [1.54, 1.807) is 7.05 Å². The lowest BCUT2D eigenvalue weighted by Gasteiger charge is -2.19. The number of carboxylic acids is 1. The normalized spacial score (nSPS) is 10.5. The van der Waals surface area contributed by atoms with Gasteiger partial charge in [-0.05, 0) is 12.1 Å². The van der Waals surface area contributed by atoms with Gasteiger partial charge in [-0.15, -0.1) is 0 Å². The fraction of sp³-hybridized carbons (Fsp3) is 0.308. The van der Waals surface area contributed by atoms with E-state index < -0.39 is 5.97 Å². The Hall–Kier alpha value is -2.37. The van der Waals surface area contributed by atoms with E-state index in [0.717, 1.165) is 16.7 Å². The number of benzene rings is 1. The van der Waals surface area contributed by atoms with Crippen molar-refractivity contribution in [1.82, 2.24) is 9.97 Å². The highest BCUT2D eigenvalue weighted by Crippen LogP contribution is 2.24. The Bertz CT molecular complexity index is 613. The lowest BCUT2D eigenvalue weighted by atomic mass is 10.2. The largest absolute Gasteiger partial charge is 0.480 e. The van der Waals surface area contributed by atoms with E-state index in [-0.39, 0.29) is 6.54 Å². The van der Waals surface area contributed by atoms with Gasteiger partial charge in [-0.3, -0.25) is 4.79 Å². The number of hydrogen-bond acceptors (Lipinski definition) is 5. The summed E-state index contributed by atoms with van der Waals surface area (Å²) < 4.78 is 0. The highest BCUT2D eigenvalue weighted by atomic mass is 16.4. The van der Waals surface area contributed by atoms with Gasteiger partial charge in [0, 0.05) is 26.5 Å². The molecule has 6 nitrogen and oxygen atoms in total. The van der Waals surface area contributed by atoms with E-state index in [2.05, 4.69) is 9.97 Å². The van der Waals surface area contributed by atoms with E-state index in [1.807, 2.05) is 43.3 Å². The fourth-order valence-corrected chi connectivity index (χ4v) is 1.83. The zero-order valence-electron chi connectivity index (χ0n) is 11.2. The first-order chi connectivity index (χ1) is 8.99. The maximum Gasteiger partial charge on any atom is 0.323 e. The molecule has 0 saturated heterocycles. The average molecular weight is 260 g/mol. The van der Waals surface area contributed by atoms with Gasteiger partial charge in [-0.1, -0.05) is 12.1 Å². The highest BCUT2D eigenvalue weighted by Gasteiger charge is 2.13. The van der Waals surface area contributed by atoms with E-state index in [0.29, 0.717) is 5.95 Å². The Morgan fingerprint density at radius 1 is 1.21 bits per heavy atom. The molecule has 2 aromatic rings. The molecule has 0 fully saturated rings. The van der Waals surface area contributed by atoms with Gasteiger partial charge in [0.1, 0.15) is 12.4 Å². The molecule has 0 aliphatic carbocycles. The Morgan fingerprint density at radius 2 is 1.89 bits per heavy atom. The van der Waals surface area contributed by atoms with Crippen molar-refractivity contribution in [3.05, 3.63) is 24.3 Å². The van der Waals surface area contributed by atoms with Gasteiger partial charge in [0.25, 0.3) is 0 Å². The van der Waals surface area contributed by atoms with Crippen molar-refractivity contribution in [2.24, 2.45) is 0 Å². The molecule has 0 aliphatic rings. The number of nitrogens with zero attached hydrogens (tertiary/aromatic N) is 4. The van der Waals surface area contributed by atoms with Crippen molar-refractivity contribution in [2.75, 3.05) is 37.5 Å². The minimum absolute atomic E-state index is 0.134. The van der Waals surface area contributed by atoms with Crippen molar-refractivity contribution >= 4 is 28.6 Å². The number of carbonyl (C=O) groups is 1. The second kappa shape index (κ2) is 5.09. The van der Waals surface area contributed by atoms with Gasteiger partial charge in [0.15, 0.2) is 0 Å². The first kappa shape index (κ1) is 13.1. The first-order valence-corrected chi connectivity index (χ1v) is 5.86. The maximum atomic E-state index is 10.8. The van der Waals surface area contributed by atoms with Gasteiger partial charge in [-0.2, -0.15) is 4.98 Å². The Balaban J connectivity index is 2.54. The summed E-state index contributed by atoms with van der Waals surface area (Å²) in [4.78, 5) is 23.0. The standard InChI is InChI=1S/C13H16N4O2/c1-16(2)12-9-6-4-5-7-10(9)14-13(15-12)17(3)8-11(18)19/h4-7H,8H2,1-3H3,(H,18,19). The van der Waals surface area contributed by atoms with Crippen LogP contribution in [0.2, 0.25) is 0 Å². The van der Waals surface area contributed by atoms with E-state index >= 15 is 0 Å². The summed E-state index contributed by atoms with van der Waals surface area (Å²) in [5.74, 6) is 0.272. The Morgan fingerprint density at radius 3 is 2.53 bits per heavy atom. The number of aliphatic carboxylic acids is 1. The van der Waals surface area contributed by atoms with Crippen molar-refractivity contribution in [2.45, 2.75) is 0 Å². The van der Waals surface area contributed by atoms with Crippen LogP contribution in [0.15, 0.2) is 24.3 Å². The Labute approximate surface area is 111 Å². The topological polar surface area (TPSA) is 69.6 Å². The van der Waals surface area contributed by atoms with Crippen molar-refractivity contribution in [3.8, 4) is 0 Å². The zero-order valence-corrected chi connectivity index (χ0v) is 11.2. The second-order valence-electron chi connectivity index (χ2n) is 4.51. The molecule has 0 bridgehead atoms. The van der Waals surface area contributed by atoms with E-state index in [1.165, 1.54) is 4.90 Å². The first-order valence-electron chi connectivity index (χ1n) is 5.86. The predicted molar refractivity (Wildman–Crippen MR) is 74.8 cm³/mol. The van der Waals surface area contributed by atoms with E-state index in [9.17, 15) is 4.79 Å². The second-order valence-corrected chi connectivity index (χ2v) is 4.51. The summed E-state index contributed by atoms with van der Waals surface area (Å²) in [5, 5.41) is 9.77. The summed E-state index contributed by atoms with van der Waals surface area (Å²) in [7, 11) is 5.46. The van der Waals surface area contributed by atoms with Crippen LogP contribution in [0.4, 0.5) is 11.8 Å². The molecule has 1 heterocycles. The Kier molecular flexibility index (Phi) is 3.50. The smallest absolute Gasteiger partial charge is 0.323 e. The fourth-order valence-electron chi connectivity index (χ4n) is 1.83. The van der Waals surface area contributed by atoms with Crippen LogP contribution in [0.25, 0.3) is 10.9 Å². The molecule has 6 heteroatoms. The summed E-state index contributed by atoms with van der Waals surface area (Å²) in [6.07, 6.45) is 0. The van der Waals surface area contributed by atoms with Crippen LogP contribution >= 0.6 is 0 Å². The molecule has 0 amide bonds. The quantitative estimate of drug-likeness (QED) is 0.891. The number of anilines is 2. The molecule has 19 heavy (non-hydrogen) atoms. The number of fused-ring (bicyclic) bond motifs is 1. The monoisotopic (exact) mass is 260 g/mol. The number of hydrogen-bond donors (Lipinski definition) is 1. The van der Waals surface area contributed by atoms with Crippen LogP contribution in [0, 0.1) is 0 Å². The van der Waals surface area contributed by atoms with Crippen molar-refractivity contribution in [3.63, 3.8) is 0 Å². The maximum absolute atomic E-state index is 10.8. The molecule has 0 saturated carbocycles. The van der Waals surface area contributed by atoms with Gasteiger partial charge < -0.3 is 14.9 Å². The molecule has 1 aromatic heterocycles. The van der Waals surface area contributed by atoms with Crippen LogP contribution in [0.5, 0.6) is 0 Å². The van der Waals surface area contributed by atoms with E-state index in [4.69, 9.17) is 5.11 Å². The van der Waals surface area contributed by atoms with Crippen LogP contribution in [0.1, 0.15) is 0 Å². The number of carboxylic acid groups (broad SMARTS) is 1. The summed E-state index contributed by atoms with van der Waals surface area (Å²) in [6, 6.07) is 7.67. The SMILES string of the molecule is CN(C)c1nc(N(C)CC(=O)O)nc2ccccc12. The third-order valence-electron chi connectivity index (χ3n) is 2.71. The van der Waals surface area contributed by atoms with Gasteiger partial charge in [0.2, 0.25) is 5.95 Å². The molecule has 0 radical (unpaired) electrons. The summed E-state index contributed by atoms with van der Waals surface area (Å²) in [6.45, 7) is -0.134. The summed E-state index contributed by atoms with van der Waals surface area (Å²) >= 11 is 0. The lowest BCUT2D eigenvalue weighted by Crippen LogP contribution is -2.27. The predicted octanol–water partition coefficient (Wildman–Crippen LogP) is 1.22.